The molecule has 3 heteroatoms. The van der Waals surface area contributed by atoms with Crippen molar-refractivity contribution in [1.82, 2.24) is 0 Å². The summed E-state index contributed by atoms with van der Waals surface area (Å²) >= 11 is 0. The Bertz CT molecular complexity index is 408. The SMILES string of the molecule is COc1ccc(F)cc1C#CC(C)(C)O. The smallest absolute Gasteiger partial charge is 0.134 e. The minimum absolute atomic E-state index is 0.379. The first kappa shape index (κ1) is 11.5. The van der Waals surface area contributed by atoms with Gasteiger partial charge in [-0.15, -0.1) is 0 Å². The zero-order chi connectivity index (χ0) is 11.5. The van der Waals surface area contributed by atoms with Crippen LogP contribution in [-0.2, 0) is 0 Å². The second kappa shape index (κ2) is 4.33. The first-order chi connectivity index (χ1) is 6.92. The van der Waals surface area contributed by atoms with Crippen LogP contribution in [0.15, 0.2) is 18.2 Å². The van der Waals surface area contributed by atoms with Crippen molar-refractivity contribution in [3.05, 3.63) is 29.6 Å². The lowest BCUT2D eigenvalue weighted by Gasteiger charge is -2.07. The molecule has 0 amide bonds. The van der Waals surface area contributed by atoms with Gasteiger partial charge in [-0.25, -0.2) is 4.39 Å². The van der Waals surface area contributed by atoms with E-state index in [2.05, 4.69) is 11.8 Å². The highest BCUT2D eigenvalue weighted by Crippen LogP contribution is 2.18. The third-order valence-electron chi connectivity index (χ3n) is 1.66. The first-order valence-corrected chi connectivity index (χ1v) is 4.51. The number of hydrogen-bond acceptors (Lipinski definition) is 2. The summed E-state index contributed by atoms with van der Waals surface area (Å²) in [5.74, 6) is 5.39. The Morgan fingerprint density at radius 3 is 2.60 bits per heavy atom. The Kier molecular flexibility index (Phi) is 3.33. The molecule has 0 aliphatic rings. The summed E-state index contributed by atoms with van der Waals surface area (Å²) in [5, 5.41) is 9.40. The fourth-order valence-electron chi connectivity index (χ4n) is 0.998. The molecule has 0 saturated carbocycles. The maximum atomic E-state index is 12.9. The van der Waals surface area contributed by atoms with Gasteiger partial charge in [0.2, 0.25) is 0 Å². The van der Waals surface area contributed by atoms with Gasteiger partial charge < -0.3 is 9.84 Å². The molecule has 1 aromatic rings. The van der Waals surface area contributed by atoms with E-state index < -0.39 is 5.60 Å². The first-order valence-electron chi connectivity index (χ1n) is 4.51. The normalized spacial score (nSPS) is 10.5. The summed E-state index contributed by atoms with van der Waals surface area (Å²) in [6.45, 7) is 3.12. The molecule has 80 valence electrons. The van der Waals surface area contributed by atoms with Crippen LogP contribution >= 0.6 is 0 Å². The van der Waals surface area contributed by atoms with Gasteiger partial charge in [-0.3, -0.25) is 0 Å². The fraction of sp³-hybridized carbons (Fsp3) is 0.333. The molecule has 0 fully saturated rings. The summed E-state index contributed by atoms with van der Waals surface area (Å²) in [6.07, 6.45) is 0. The summed E-state index contributed by atoms with van der Waals surface area (Å²) in [6, 6.07) is 4.08. The molecule has 0 radical (unpaired) electrons. The number of methoxy groups -OCH3 is 1. The highest BCUT2D eigenvalue weighted by Gasteiger charge is 2.07. The number of halogens is 1. The van der Waals surface area contributed by atoms with Gasteiger partial charge in [0.05, 0.1) is 12.7 Å². The predicted octanol–water partition coefficient (Wildman–Crippen LogP) is 1.96. The molecule has 0 atom stereocenters. The number of aliphatic hydroxyl groups is 1. The third kappa shape index (κ3) is 3.61. The third-order valence-corrected chi connectivity index (χ3v) is 1.66. The Morgan fingerprint density at radius 2 is 2.07 bits per heavy atom. The number of ether oxygens (including phenoxy) is 1. The Balaban J connectivity index is 3.11. The number of benzene rings is 1. The van der Waals surface area contributed by atoms with Crippen molar-refractivity contribution in [2.24, 2.45) is 0 Å². The van der Waals surface area contributed by atoms with E-state index in [0.29, 0.717) is 11.3 Å². The quantitative estimate of drug-likeness (QED) is 0.715. The van der Waals surface area contributed by atoms with Crippen LogP contribution in [0.25, 0.3) is 0 Å². The van der Waals surface area contributed by atoms with Gasteiger partial charge in [0.15, 0.2) is 0 Å². The minimum Gasteiger partial charge on any atom is -0.495 e. The van der Waals surface area contributed by atoms with E-state index in [1.165, 1.54) is 25.3 Å². The Labute approximate surface area is 88.7 Å². The topological polar surface area (TPSA) is 29.5 Å². The average Bonchev–Trinajstić information content (AvgIpc) is 2.14. The van der Waals surface area contributed by atoms with Gasteiger partial charge in [-0.05, 0) is 32.0 Å². The molecule has 1 rings (SSSR count). The Hall–Kier alpha value is -1.53. The molecule has 15 heavy (non-hydrogen) atoms. The standard InChI is InChI=1S/C12H13FO2/c1-12(2,14)7-6-9-8-10(13)4-5-11(9)15-3/h4-5,8,14H,1-3H3. The zero-order valence-electron chi connectivity index (χ0n) is 8.97. The highest BCUT2D eigenvalue weighted by molar-refractivity contribution is 5.47. The van der Waals surface area contributed by atoms with E-state index in [1.54, 1.807) is 13.8 Å². The van der Waals surface area contributed by atoms with Gasteiger partial charge in [0.25, 0.3) is 0 Å². The second-order valence-electron chi connectivity index (χ2n) is 3.65. The van der Waals surface area contributed by atoms with E-state index in [9.17, 15) is 9.50 Å². The summed E-state index contributed by atoms with van der Waals surface area (Å²) in [4.78, 5) is 0. The zero-order valence-corrected chi connectivity index (χ0v) is 8.97. The van der Waals surface area contributed by atoms with Gasteiger partial charge in [-0.2, -0.15) is 0 Å². The maximum absolute atomic E-state index is 12.9. The van der Waals surface area contributed by atoms with Gasteiger partial charge in [0.1, 0.15) is 17.2 Å². The Morgan fingerprint density at radius 1 is 1.40 bits per heavy atom. The summed E-state index contributed by atoms with van der Waals surface area (Å²) in [5.41, 5.74) is -0.670. The van der Waals surface area contributed by atoms with Crippen LogP contribution in [0.2, 0.25) is 0 Å². The van der Waals surface area contributed by atoms with Crippen molar-refractivity contribution >= 4 is 0 Å². The fourth-order valence-corrected chi connectivity index (χ4v) is 0.998. The molecule has 0 saturated heterocycles. The van der Waals surface area contributed by atoms with Crippen LogP contribution in [0.3, 0.4) is 0 Å². The molecule has 0 heterocycles. The molecule has 1 N–H and O–H groups in total. The van der Waals surface area contributed by atoms with Crippen LogP contribution in [0.5, 0.6) is 5.75 Å². The highest BCUT2D eigenvalue weighted by atomic mass is 19.1. The van der Waals surface area contributed by atoms with Crippen LogP contribution in [0, 0.1) is 17.7 Å². The second-order valence-corrected chi connectivity index (χ2v) is 3.65. The number of rotatable bonds is 1. The van der Waals surface area contributed by atoms with E-state index in [4.69, 9.17) is 4.74 Å². The van der Waals surface area contributed by atoms with Crippen molar-refractivity contribution in [3.8, 4) is 17.6 Å². The molecule has 2 nitrogen and oxygen atoms in total. The van der Waals surface area contributed by atoms with Crippen LogP contribution in [0.1, 0.15) is 19.4 Å². The van der Waals surface area contributed by atoms with Gasteiger partial charge in [-0.1, -0.05) is 11.8 Å². The number of hydrogen-bond donors (Lipinski definition) is 1. The summed E-state index contributed by atoms with van der Waals surface area (Å²) in [7, 11) is 1.49. The maximum Gasteiger partial charge on any atom is 0.134 e. The molecule has 0 aromatic heterocycles. The molecule has 0 unspecified atom stereocenters. The minimum atomic E-state index is -1.10. The predicted molar refractivity (Wildman–Crippen MR) is 56.1 cm³/mol. The molecular formula is C12H13FO2. The van der Waals surface area contributed by atoms with E-state index >= 15 is 0 Å². The lowest BCUT2D eigenvalue weighted by atomic mass is 10.1. The van der Waals surface area contributed by atoms with Crippen molar-refractivity contribution in [2.45, 2.75) is 19.4 Å². The van der Waals surface area contributed by atoms with E-state index in [1.807, 2.05) is 0 Å². The largest absolute Gasteiger partial charge is 0.495 e. The van der Waals surface area contributed by atoms with Crippen molar-refractivity contribution in [3.63, 3.8) is 0 Å². The average molecular weight is 208 g/mol. The molecular weight excluding hydrogens is 195 g/mol. The lowest BCUT2D eigenvalue weighted by molar-refractivity contribution is 0.143. The van der Waals surface area contributed by atoms with Gasteiger partial charge in [0, 0.05) is 0 Å². The van der Waals surface area contributed by atoms with Crippen molar-refractivity contribution in [2.75, 3.05) is 7.11 Å². The lowest BCUT2D eigenvalue weighted by Crippen LogP contribution is -2.14. The molecule has 0 aliphatic carbocycles. The van der Waals surface area contributed by atoms with Crippen molar-refractivity contribution in [1.29, 1.82) is 0 Å². The summed E-state index contributed by atoms with van der Waals surface area (Å²) < 4.78 is 17.9. The van der Waals surface area contributed by atoms with E-state index in [0.717, 1.165) is 0 Å². The molecule has 0 bridgehead atoms. The monoisotopic (exact) mass is 208 g/mol. The van der Waals surface area contributed by atoms with Crippen molar-refractivity contribution < 1.29 is 14.2 Å². The van der Waals surface area contributed by atoms with Crippen LogP contribution in [-0.4, -0.2) is 17.8 Å². The molecule has 0 aliphatic heterocycles. The van der Waals surface area contributed by atoms with Crippen LogP contribution in [0.4, 0.5) is 4.39 Å². The van der Waals surface area contributed by atoms with Crippen LogP contribution < -0.4 is 4.74 Å². The molecule has 0 spiro atoms. The van der Waals surface area contributed by atoms with Gasteiger partial charge >= 0.3 is 0 Å². The molecule has 1 aromatic carbocycles. The van der Waals surface area contributed by atoms with E-state index in [-0.39, 0.29) is 5.82 Å².